The molecular weight excluding hydrogens is 280 g/mol. The molecule has 0 aliphatic heterocycles. The van der Waals surface area contributed by atoms with Crippen LogP contribution in [0.5, 0.6) is 0 Å². The number of esters is 2. The lowest BCUT2D eigenvalue weighted by Crippen LogP contribution is -2.08. The summed E-state index contributed by atoms with van der Waals surface area (Å²) in [6.45, 7) is 8.46. The van der Waals surface area contributed by atoms with E-state index >= 15 is 0 Å². The fourth-order valence-electron chi connectivity index (χ4n) is 0.860. The molecule has 0 radical (unpaired) electrons. The van der Waals surface area contributed by atoms with E-state index in [-0.39, 0.29) is 23.7 Å². The topological polar surface area (TPSA) is 110 Å². The van der Waals surface area contributed by atoms with Crippen LogP contribution in [-0.4, -0.2) is 41.3 Å². The number of carboxylic acids is 1. The summed E-state index contributed by atoms with van der Waals surface area (Å²) in [4.78, 5) is 31.5. The molecule has 0 saturated carbocycles. The zero-order valence-electron chi connectivity index (χ0n) is 12.3. The number of aliphatic hydroxyl groups is 1. The molecular formula is C14H20O7. The Labute approximate surface area is 123 Å². The number of hydrogen-bond donors (Lipinski definition) is 2. The predicted molar refractivity (Wildman–Crippen MR) is 75.6 cm³/mol. The number of carboxylic acid groups (broad SMARTS) is 1. The van der Waals surface area contributed by atoms with Gasteiger partial charge in [-0.3, -0.25) is 0 Å². The first-order chi connectivity index (χ1) is 9.83. The van der Waals surface area contributed by atoms with Crippen LogP contribution in [0, 0.1) is 0 Å². The summed E-state index contributed by atoms with van der Waals surface area (Å²) < 4.78 is 9.00. The van der Waals surface area contributed by atoms with Gasteiger partial charge in [-0.2, -0.15) is 0 Å². The van der Waals surface area contributed by atoms with E-state index in [1.165, 1.54) is 6.92 Å². The third kappa shape index (κ3) is 11.0. The highest BCUT2D eigenvalue weighted by molar-refractivity contribution is 5.95. The highest BCUT2D eigenvalue weighted by atomic mass is 16.5. The van der Waals surface area contributed by atoms with Crippen LogP contribution in [0.4, 0.5) is 0 Å². The molecule has 0 atom stereocenters. The average Bonchev–Trinajstić information content (AvgIpc) is 2.45. The number of aliphatic carboxylic acids is 1. The van der Waals surface area contributed by atoms with Crippen molar-refractivity contribution in [2.45, 2.75) is 20.8 Å². The number of rotatable bonds is 6. The van der Waals surface area contributed by atoms with Crippen molar-refractivity contribution in [1.82, 2.24) is 0 Å². The summed E-state index contributed by atoms with van der Waals surface area (Å²) in [5, 5.41) is 17.2. The maximum Gasteiger partial charge on any atom is 0.341 e. The third-order valence-corrected chi connectivity index (χ3v) is 1.81. The Morgan fingerprint density at radius 2 is 1.67 bits per heavy atom. The van der Waals surface area contributed by atoms with Gasteiger partial charge in [0.25, 0.3) is 0 Å². The zero-order chi connectivity index (χ0) is 16.8. The fraction of sp³-hybridized carbons (Fsp3) is 0.357. The smallest absolute Gasteiger partial charge is 0.341 e. The number of hydrogen-bond acceptors (Lipinski definition) is 6. The second-order valence-corrected chi connectivity index (χ2v) is 3.39. The van der Waals surface area contributed by atoms with Crippen molar-refractivity contribution in [2.24, 2.45) is 0 Å². The van der Waals surface area contributed by atoms with Gasteiger partial charge in [0.1, 0.15) is 0 Å². The molecule has 0 saturated heterocycles. The normalized spacial score (nSPS) is 10.8. The van der Waals surface area contributed by atoms with Crippen LogP contribution in [-0.2, 0) is 23.9 Å². The lowest BCUT2D eigenvalue weighted by Gasteiger charge is -2.01. The van der Waals surface area contributed by atoms with Crippen LogP contribution in [0.3, 0.4) is 0 Å². The Balaban J connectivity index is 0. The van der Waals surface area contributed by atoms with Crippen molar-refractivity contribution in [3.8, 4) is 0 Å². The zero-order valence-corrected chi connectivity index (χ0v) is 12.3. The van der Waals surface area contributed by atoms with Crippen molar-refractivity contribution < 1.29 is 34.1 Å². The summed E-state index contributed by atoms with van der Waals surface area (Å²) in [6.07, 6.45) is 2.70. The molecule has 21 heavy (non-hydrogen) atoms. The summed E-state index contributed by atoms with van der Waals surface area (Å²) in [6, 6.07) is 0. The monoisotopic (exact) mass is 300 g/mol. The molecule has 0 aliphatic carbocycles. The Morgan fingerprint density at radius 1 is 1.14 bits per heavy atom. The van der Waals surface area contributed by atoms with E-state index < -0.39 is 11.9 Å². The van der Waals surface area contributed by atoms with Gasteiger partial charge in [-0.25, -0.2) is 14.4 Å². The molecule has 2 N–H and O–H groups in total. The second-order valence-electron chi connectivity index (χ2n) is 3.39. The van der Waals surface area contributed by atoms with Crippen molar-refractivity contribution in [1.29, 1.82) is 0 Å². The van der Waals surface area contributed by atoms with E-state index in [1.54, 1.807) is 13.8 Å². The fourth-order valence-corrected chi connectivity index (χ4v) is 0.860. The molecule has 0 bridgehead atoms. The van der Waals surface area contributed by atoms with Gasteiger partial charge in [-0.05, 0) is 26.8 Å². The van der Waals surface area contributed by atoms with Crippen LogP contribution < -0.4 is 0 Å². The number of ether oxygens (including phenoxy) is 2. The van der Waals surface area contributed by atoms with Crippen molar-refractivity contribution in [3.05, 3.63) is 36.1 Å². The van der Waals surface area contributed by atoms with E-state index in [0.29, 0.717) is 12.9 Å². The van der Waals surface area contributed by atoms with Crippen molar-refractivity contribution in [3.63, 3.8) is 0 Å². The molecule has 7 heteroatoms. The first kappa shape index (κ1) is 20.7. The molecule has 7 nitrogen and oxygen atoms in total. The van der Waals surface area contributed by atoms with Crippen molar-refractivity contribution in [2.75, 3.05) is 13.2 Å². The maximum atomic E-state index is 11.0. The Hall–Kier alpha value is -2.57. The highest BCUT2D eigenvalue weighted by Gasteiger charge is 2.10. The van der Waals surface area contributed by atoms with E-state index in [1.807, 2.05) is 0 Å². The van der Waals surface area contributed by atoms with Crippen LogP contribution in [0.1, 0.15) is 20.8 Å². The molecule has 0 amide bonds. The average molecular weight is 300 g/mol. The molecule has 0 aromatic rings. The quantitative estimate of drug-likeness (QED) is 0.333. The minimum Gasteiger partial charge on any atom is -0.515 e. The van der Waals surface area contributed by atoms with Gasteiger partial charge >= 0.3 is 17.9 Å². The van der Waals surface area contributed by atoms with Gasteiger partial charge in [-0.1, -0.05) is 6.58 Å². The molecule has 0 spiro atoms. The summed E-state index contributed by atoms with van der Waals surface area (Å²) in [5.41, 5.74) is -0.245. The largest absolute Gasteiger partial charge is 0.515 e. The lowest BCUT2D eigenvalue weighted by atomic mass is 10.2. The summed E-state index contributed by atoms with van der Waals surface area (Å²) in [5.74, 6) is -2.27. The van der Waals surface area contributed by atoms with E-state index in [2.05, 4.69) is 16.1 Å². The molecule has 0 unspecified atom stereocenters. The second kappa shape index (κ2) is 12.5. The van der Waals surface area contributed by atoms with E-state index in [9.17, 15) is 14.4 Å². The Bertz CT molecular complexity index is 433. The molecule has 0 aromatic carbocycles. The van der Waals surface area contributed by atoms with Gasteiger partial charge < -0.3 is 19.7 Å². The van der Waals surface area contributed by atoms with Crippen molar-refractivity contribution >= 4 is 17.9 Å². The lowest BCUT2D eigenvalue weighted by molar-refractivity contribution is -0.138. The summed E-state index contributed by atoms with van der Waals surface area (Å²) >= 11 is 0. The standard InChI is InChI=1S/C9H12O5.C5H8O2/c1-3-14-9(13)7(5-10)4-6(2)8(11)12;1-3-5(6)7-4-2/h4-5,10H,3H2,1-2H3,(H,11,12);3H,1,4H2,2H3. The number of carbonyl (C=O) groups excluding carboxylic acids is 2. The maximum absolute atomic E-state index is 11.0. The van der Waals surface area contributed by atoms with Crippen LogP contribution in [0.25, 0.3) is 0 Å². The first-order valence-electron chi connectivity index (χ1n) is 6.06. The Morgan fingerprint density at radius 3 is 1.95 bits per heavy atom. The van der Waals surface area contributed by atoms with Gasteiger partial charge in [-0.15, -0.1) is 0 Å². The van der Waals surface area contributed by atoms with E-state index in [4.69, 9.17) is 10.2 Å². The first-order valence-corrected chi connectivity index (χ1v) is 6.06. The van der Waals surface area contributed by atoms with Gasteiger partial charge in [0.05, 0.1) is 25.0 Å². The Kier molecular flexibility index (Phi) is 12.3. The molecule has 0 fully saturated rings. The van der Waals surface area contributed by atoms with Gasteiger partial charge in [0.2, 0.25) is 0 Å². The van der Waals surface area contributed by atoms with Crippen LogP contribution in [0.15, 0.2) is 36.1 Å². The van der Waals surface area contributed by atoms with Gasteiger partial charge in [0, 0.05) is 11.6 Å². The highest BCUT2D eigenvalue weighted by Crippen LogP contribution is 2.04. The van der Waals surface area contributed by atoms with Gasteiger partial charge in [0.15, 0.2) is 0 Å². The predicted octanol–water partition coefficient (Wildman–Crippen LogP) is 1.76. The summed E-state index contributed by atoms with van der Waals surface area (Å²) in [7, 11) is 0. The number of carbonyl (C=O) groups is 3. The third-order valence-electron chi connectivity index (χ3n) is 1.81. The molecule has 0 rings (SSSR count). The van der Waals surface area contributed by atoms with Crippen LogP contribution in [0.2, 0.25) is 0 Å². The SMILES string of the molecule is C=CC(=O)OCC.CCOC(=O)C(C=C(C)C(=O)O)=CO. The minimum atomic E-state index is -1.16. The molecule has 0 aromatic heterocycles. The molecule has 0 heterocycles. The van der Waals surface area contributed by atoms with E-state index in [0.717, 1.165) is 12.2 Å². The molecule has 118 valence electrons. The van der Waals surface area contributed by atoms with Crippen LogP contribution >= 0.6 is 0 Å². The molecule has 0 aliphatic rings. The minimum absolute atomic E-state index is 0.0571. The number of aliphatic hydroxyl groups excluding tert-OH is 1.